The van der Waals surface area contributed by atoms with E-state index in [1.807, 2.05) is 65.9 Å². The van der Waals surface area contributed by atoms with E-state index in [-0.39, 0.29) is 0 Å². The molecule has 0 aliphatic carbocycles. The maximum absolute atomic E-state index is 11.5. The predicted molar refractivity (Wildman–Crippen MR) is 137 cm³/mol. The molecular weight excluding hydrogens is 480 g/mol. The van der Waals surface area contributed by atoms with Crippen LogP contribution in [0, 0.1) is 0 Å². The molecule has 0 aliphatic rings. The summed E-state index contributed by atoms with van der Waals surface area (Å²) in [4.78, 5) is 22.4. The first-order valence-corrected chi connectivity index (χ1v) is 11.5. The number of aromatic nitrogens is 7. The van der Waals surface area contributed by atoms with Crippen LogP contribution in [0.5, 0.6) is 0 Å². The number of hydrogen-bond donors (Lipinski definition) is 3. The van der Waals surface area contributed by atoms with Gasteiger partial charge in [0.2, 0.25) is 12.4 Å². The first-order valence-electron chi connectivity index (χ1n) is 11.1. The standard InChI is InChI=1S/C24H23ClN10O/c1-34(2)22-13-16(18-7-9-26-24(29-18)30-20-8-10-28-31-20)12-21-32-33-23(35(21)22)19(27-14-36)11-15-3-5-17(25)6-4-15/h3-10,12-14,19H,11H2,1-2H3,(H,27,36)(H2,26,28,29,30,31)/t19-/m1/s1. The van der Waals surface area contributed by atoms with Crippen molar-refractivity contribution in [3.05, 3.63) is 77.3 Å². The third-order valence-electron chi connectivity index (χ3n) is 5.60. The molecule has 1 amide bonds. The molecule has 0 spiro atoms. The van der Waals surface area contributed by atoms with Crippen molar-refractivity contribution in [3.8, 4) is 11.3 Å². The molecule has 5 aromatic rings. The van der Waals surface area contributed by atoms with E-state index in [2.05, 4.69) is 41.0 Å². The van der Waals surface area contributed by atoms with E-state index in [0.29, 0.717) is 46.8 Å². The number of aromatic amines is 1. The first-order chi connectivity index (χ1) is 17.5. The Balaban J connectivity index is 1.54. The Morgan fingerprint density at radius 3 is 2.67 bits per heavy atom. The van der Waals surface area contributed by atoms with Crippen LogP contribution in [0.2, 0.25) is 5.02 Å². The highest BCUT2D eigenvalue weighted by Crippen LogP contribution is 2.29. The Hall–Kier alpha value is -4.51. The second-order valence-electron chi connectivity index (χ2n) is 8.28. The minimum absolute atomic E-state index is 0.396. The number of halogens is 1. The smallest absolute Gasteiger partial charge is 0.228 e. The largest absolute Gasteiger partial charge is 0.364 e. The maximum atomic E-state index is 11.5. The molecule has 0 saturated carbocycles. The number of nitrogens with one attached hydrogen (secondary N) is 3. The van der Waals surface area contributed by atoms with E-state index in [9.17, 15) is 4.79 Å². The van der Waals surface area contributed by atoms with E-state index >= 15 is 0 Å². The Bertz CT molecular complexity index is 1480. The van der Waals surface area contributed by atoms with Gasteiger partial charge in [-0.1, -0.05) is 23.7 Å². The topological polar surface area (TPSA) is 129 Å². The van der Waals surface area contributed by atoms with E-state index < -0.39 is 6.04 Å². The van der Waals surface area contributed by atoms with Gasteiger partial charge in [-0.15, -0.1) is 10.2 Å². The number of H-pyrrole nitrogens is 1. The summed E-state index contributed by atoms with van der Waals surface area (Å²) in [5.74, 6) is 2.57. The number of amides is 1. The Morgan fingerprint density at radius 1 is 1.11 bits per heavy atom. The van der Waals surface area contributed by atoms with Crippen LogP contribution in [-0.2, 0) is 11.2 Å². The van der Waals surface area contributed by atoms with Crippen molar-refractivity contribution in [2.75, 3.05) is 24.3 Å². The van der Waals surface area contributed by atoms with Crippen LogP contribution in [0.3, 0.4) is 0 Å². The van der Waals surface area contributed by atoms with Crippen molar-refractivity contribution >= 4 is 41.2 Å². The fraction of sp³-hybridized carbons (Fsp3) is 0.167. The molecular formula is C24H23ClN10O. The third kappa shape index (κ3) is 4.82. The molecule has 4 aromatic heterocycles. The number of nitrogens with zero attached hydrogens (tertiary/aromatic N) is 7. The highest BCUT2D eigenvalue weighted by molar-refractivity contribution is 6.30. The fourth-order valence-corrected chi connectivity index (χ4v) is 4.04. The first kappa shape index (κ1) is 23.2. The average Bonchev–Trinajstić information content (AvgIpc) is 3.54. The predicted octanol–water partition coefficient (Wildman–Crippen LogP) is 3.40. The van der Waals surface area contributed by atoms with Crippen molar-refractivity contribution in [1.29, 1.82) is 0 Å². The summed E-state index contributed by atoms with van der Waals surface area (Å²) in [5.41, 5.74) is 3.20. The van der Waals surface area contributed by atoms with Crippen LogP contribution in [-0.4, -0.2) is 55.3 Å². The quantitative estimate of drug-likeness (QED) is 0.261. The molecule has 0 radical (unpaired) electrons. The van der Waals surface area contributed by atoms with Gasteiger partial charge in [-0.05, 0) is 42.3 Å². The van der Waals surface area contributed by atoms with Gasteiger partial charge in [-0.3, -0.25) is 14.3 Å². The maximum Gasteiger partial charge on any atom is 0.228 e. The highest BCUT2D eigenvalue weighted by atomic mass is 35.5. The van der Waals surface area contributed by atoms with Gasteiger partial charge in [-0.25, -0.2) is 9.97 Å². The van der Waals surface area contributed by atoms with Gasteiger partial charge in [-0.2, -0.15) is 5.10 Å². The zero-order valence-electron chi connectivity index (χ0n) is 19.6. The van der Waals surface area contributed by atoms with Gasteiger partial charge >= 0.3 is 0 Å². The molecule has 0 aliphatic heterocycles. The van der Waals surface area contributed by atoms with Gasteiger partial charge in [0, 0.05) is 36.9 Å². The van der Waals surface area contributed by atoms with Crippen LogP contribution in [0.25, 0.3) is 16.9 Å². The molecule has 11 nitrogen and oxygen atoms in total. The lowest BCUT2D eigenvalue weighted by Gasteiger charge is -2.20. The number of fused-ring (bicyclic) bond motifs is 1. The van der Waals surface area contributed by atoms with E-state index in [1.54, 1.807) is 18.5 Å². The molecule has 0 unspecified atom stereocenters. The Kier molecular flexibility index (Phi) is 6.46. The number of pyridine rings is 1. The second kappa shape index (κ2) is 10.0. The number of benzene rings is 1. The highest BCUT2D eigenvalue weighted by Gasteiger charge is 2.22. The summed E-state index contributed by atoms with van der Waals surface area (Å²) in [7, 11) is 3.88. The van der Waals surface area contributed by atoms with Crippen LogP contribution in [0.4, 0.5) is 17.6 Å². The molecule has 1 atom stereocenters. The number of anilines is 3. The molecule has 0 saturated heterocycles. The SMILES string of the molecule is CN(C)c1cc(-c2ccnc(Nc3ccn[nH]3)n2)cc2nnc([C@@H](Cc3ccc(Cl)cc3)NC=O)n12. The van der Waals surface area contributed by atoms with Crippen molar-refractivity contribution in [2.45, 2.75) is 12.5 Å². The van der Waals surface area contributed by atoms with E-state index in [0.717, 1.165) is 16.9 Å². The van der Waals surface area contributed by atoms with Crippen molar-refractivity contribution < 1.29 is 4.79 Å². The zero-order chi connectivity index (χ0) is 25.1. The molecule has 1 aromatic carbocycles. The number of rotatable bonds is 9. The molecule has 5 rings (SSSR count). The summed E-state index contributed by atoms with van der Waals surface area (Å²) in [5, 5.41) is 22.3. The van der Waals surface area contributed by atoms with Gasteiger partial charge in [0.15, 0.2) is 11.5 Å². The molecule has 4 heterocycles. The minimum atomic E-state index is -0.396. The van der Waals surface area contributed by atoms with Gasteiger partial charge in [0.05, 0.1) is 17.9 Å². The minimum Gasteiger partial charge on any atom is -0.364 e. The third-order valence-corrected chi connectivity index (χ3v) is 5.85. The summed E-state index contributed by atoms with van der Waals surface area (Å²) >= 11 is 6.03. The monoisotopic (exact) mass is 502 g/mol. The molecule has 182 valence electrons. The van der Waals surface area contributed by atoms with Crippen LogP contribution in [0.1, 0.15) is 17.4 Å². The van der Waals surface area contributed by atoms with Gasteiger partial charge in [0.1, 0.15) is 11.6 Å². The normalized spacial score (nSPS) is 11.9. The van der Waals surface area contributed by atoms with E-state index in [1.165, 1.54) is 0 Å². The summed E-state index contributed by atoms with van der Waals surface area (Å²) in [6, 6.07) is 14.6. The Labute approximate surface area is 211 Å². The fourth-order valence-electron chi connectivity index (χ4n) is 3.91. The summed E-state index contributed by atoms with van der Waals surface area (Å²) < 4.78 is 1.94. The average molecular weight is 503 g/mol. The number of carbonyl (C=O) groups is 1. The molecule has 0 fully saturated rings. The van der Waals surface area contributed by atoms with Crippen molar-refractivity contribution in [3.63, 3.8) is 0 Å². The van der Waals surface area contributed by atoms with Crippen LogP contribution < -0.4 is 15.5 Å². The van der Waals surface area contributed by atoms with Gasteiger partial charge < -0.3 is 15.5 Å². The summed E-state index contributed by atoms with van der Waals surface area (Å²) in [6.45, 7) is 0. The number of hydrogen-bond acceptors (Lipinski definition) is 8. The lowest BCUT2D eigenvalue weighted by atomic mass is 10.1. The Morgan fingerprint density at radius 2 is 1.94 bits per heavy atom. The summed E-state index contributed by atoms with van der Waals surface area (Å²) in [6.07, 6.45) is 4.54. The number of carbonyl (C=O) groups excluding carboxylic acids is 1. The lowest BCUT2D eigenvalue weighted by Crippen LogP contribution is -2.25. The van der Waals surface area contributed by atoms with Crippen molar-refractivity contribution in [1.82, 2.24) is 40.1 Å². The lowest BCUT2D eigenvalue weighted by molar-refractivity contribution is -0.110. The molecule has 3 N–H and O–H groups in total. The van der Waals surface area contributed by atoms with Crippen molar-refractivity contribution in [2.24, 2.45) is 0 Å². The van der Waals surface area contributed by atoms with Crippen LogP contribution in [0.15, 0.2) is 60.9 Å². The second-order valence-corrected chi connectivity index (χ2v) is 8.71. The van der Waals surface area contributed by atoms with Crippen LogP contribution >= 0.6 is 11.6 Å². The van der Waals surface area contributed by atoms with Gasteiger partial charge in [0.25, 0.3) is 0 Å². The molecule has 36 heavy (non-hydrogen) atoms. The molecule has 12 heteroatoms. The zero-order valence-corrected chi connectivity index (χ0v) is 20.3. The van der Waals surface area contributed by atoms with E-state index in [4.69, 9.17) is 11.6 Å². The molecule has 0 bridgehead atoms.